The number of aliphatic hydroxyl groups excluding tert-OH is 1. The molecule has 25 heavy (non-hydrogen) atoms. The van der Waals surface area contributed by atoms with Crippen molar-refractivity contribution in [3.63, 3.8) is 0 Å². The van der Waals surface area contributed by atoms with Gasteiger partial charge in [-0.3, -0.25) is 4.79 Å². The third-order valence-electron chi connectivity index (χ3n) is 4.28. The van der Waals surface area contributed by atoms with Crippen molar-refractivity contribution in [2.45, 2.75) is 12.6 Å². The second-order valence-electron chi connectivity index (χ2n) is 5.95. The fourth-order valence-electron chi connectivity index (χ4n) is 2.79. The molecule has 0 bridgehead atoms. The van der Waals surface area contributed by atoms with Crippen molar-refractivity contribution >= 4 is 16.9 Å². The van der Waals surface area contributed by atoms with Crippen LogP contribution in [-0.4, -0.2) is 39.6 Å². The molecule has 0 spiro atoms. The van der Waals surface area contributed by atoms with Gasteiger partial charge < -0.3 is 19.3 Å². The van der Waals surface area contributed by atoms with E-state index in [0.717, 1.165) is 16.9 Å². The number of aromatic nitrogens is 2. The van der Waals surface area contributed by atoms with Gasteiger partial charge in [-0.15, -0.1) is 0 Å². The summed E-state index contributed by atoms with van der Waals surface area (Å²) in [5.41, 5.74) is 2.39. The van der Waals surface area contributed by atoms with Crippen LogP contribution in [0.5, 0.6) is 5.75 Å². The van der Waals surface area contributed by atoms with Crippen molar-refractivity contribution in [1.29, 1.82) is 0 Å². The van der Waals surface area contributed by atoms with Gasteiger partial charge in [-0.05, 0) is 29.8 Å². The first kappa shape index (κ1) is 17.0. The quantitative estimate of drug-likeness (QED) is 0.774. The number of fused-ring (bicyclic) bond motifs is 1. The van der Waals surface area contributed by atoms with Crippen LogP contribution in [-0.2, 0) is 18.4 Å². The number of hydrogen-bond donors (Lipinski definition) is 1. The third kappa shape index (κ3) is 3.34. The van der Waals surface area contributed by atoms with E-state index >= 15 is 0 Å². The van der Waals surface area contributed by atoms with Gasteiger partial charge in [0.2, 0.25) is 0 Å². The van der Waals surface area contributed by atoms with Gasteiger partial charge in [0, 0.05) is 14.1 Å². The highest BCUT2D eigenvalue weighted by Crippen LogP contribution is 2.22. The second kappa shape index (κ2) is 6.94. The van der Waals surface area contributed by atoms with Gasteiger partial charge in [0.25, 0.3) is 5.91 Å². The van der Waals surface area contributed by atoms with Crippen molar-refractivity contribution in [3.8, 4) is 5.75 Å². The molecule has 1 heterocycles. The van der Waals surface area contributed by atoms with Crippen LogP contribution in [0.1, 0.15) is 17.5 Å². The Hall–Kier alpha value is -2.86. The normalized spacial score (nSPS) is 12.2. The predicted octanol–water partition coefficient (Wildman–Crippen LogP) is 2.27. The number of rotatable bonds is 5. The monoisotopic (exact) mass is 339 g/mol. The van der Waals surface area contributed by atoms with Crippen LogP contribution < -0.4 is 4.74 Å². The highest BCUT2D eigenvalue weighted by Gasteiger charge is 2.23. The smallest absolute Gasteiger partial charge is 0.256 e. The van der Waals surface area contributed by atoms with E-state index in [9.17, 15) is 9.90 Å². The number of likely N-dealkylation sites (N-methyl/N-ethyl adjacent to an activating group) is 1. The van der Waals surface area contributed by atoms with Crippen molar-refractivity contribution < 1.29 is 14.6 Å². The standard InChI is InChI=1S/C19H21N3O3/c1-21(12-17-20-15-9-4-5-10-16(15)22(17)2)19(24)18(23)13-7-6-8-14(11-13)25-3/h4-11,18,23H,12H2,1-3H3. The highest BCUT2D eigenvalue weighted by molar-refractivity contribution is 5.82. The average molecular weight is 339 g/mol. The Morgan fingerprint density at radius 1 is 1.28 bits per heavy atom. The molecule has 0 aliphatic carbocycles. The largest absolute Gasteiger partial charge is 0.497 e. The van der Waals surface area contributed by atoms with Gasteiger partial charge in [0.15, 0.2) is 6.10 Å². The van der Waals surface area contributed by atoms with Crippen molar-refractivity contribution in [2.75, 3.05) is 14.2 Å². The molecule has 0 saturated heterocycles. The Bertz CT molecular complexity index is 904. The number of benzene rings is 2. The van der Waals surface area contributed by atoms with Gasteiger partial charge in [0.1, 0.15) is 11.6 Å². The van der Waals surface area contributed by atoms with E-state index in [1.54, 1.807) is 38.4 Å². The molecule has 0 saturated carbocycles. The van der Waals surface area contributed by atoms with Gasteiger partial charge in [-0.25, -0.2) is 4.98 Å². The van der Waals surface area contributed by atoms with Crippen LogP contribution >= 0.6 is 0 Å². The summed E-state index contributed by atoms with van der Waals surface area (Å²) in [5.74, 6) is 0.970. The molecule has 1 unspecified atom stereocenters. The zero-order valence-corrected chi connectivity index (χ0v) is 14.5. The van der Waals surface area contributed by atoms with Crippen LogP contribution in [0.2, 0.25) is 0 Å². The van der Waals surface area contributed by atoms with Gasteiger partial charge in [0.05, 0.1) is 24.7 Å². The van der Waals surface area contributed by atoms with E-state index in [2.05, 4.69) is 4.98 Å². The Morgan fingerprint density at radius 3 is 2.76 bits per heavy atom. The molecule has 3 aromatic rings. The molecule has 0 fully saturated rings. The van der Waals surface area contributed by atoms with Gasteiger partial charge in [-0.1, -0.05) is 24.3 Å². The van der Waals surface area contributed by atoms with Crippen LogP contribution in [0.15, 0.2) is 48.5 Å². The molecule has 2 aromatic carbocycles. The first-order valence-corrected chi connectivity index (χ1v) is 7.98. The van der Waals surface area contributed by atoms with Crippen LogP contribution in [0.4, 0.5) is 0 Å². The van der Waals surface area contributed by atoms with Crippen molar-refractivity contribution in [1.82, 2.24) is 14.5 Å². The molecule has 6 nitrogen and oxygen atoms in total. The number of aliphatic hydroxyl groups is 1. The number of imidazole rings is 1. The minimum atomic E-state index is -1.24. The lowest BCUT2D eigenvalue weighted by atomic mass is 10.1. The van der Waals surface area contributed by atoms with Crippen LogP contribution in [0.3, 0.4) is 0 Å². The van der Waals surface area contributed by atoms with Crippen molar-refractivity contribution in [3.05, 3.63) is 59.9 Å². The molecule has 6 heteroatoms. The zero-order valence-electron chi connectivity index (χ0n) is 14.5. The van der Waals surface area contributed by atoms with E-state index in [1.165, 1.54) is 4.90 Å². The number of carbonyl (C=O) groups is 1. The summed E-state index contributed by atoms with van der Waals surface area (Å²) in [7, 11) is 5.12. The molecular formula is C19H21N3O3. The van der Waals surface area contributed by atoms with Crippen molar-refractivity contribution in [2.24, 2.45) is 7.05 Å². The summed E-state index contributed by atoms with van der Waals surface area (Å²) in [6.07, 6.45) is -1.24. The van der Waals surface area contributed by atoms with E-state index in [-0.39, 0.29) is 5.91 Å². The summed E-state index contributed by atoms with van der Waals surface area (Å²) in [6, 6.07) is 14.7. The lowest BCUT2D eigenvalue weighted by molar-refractivity contribution is -0.139. The number of aryl methyl sites for hydroxylation is 1. The Kier molecular flexibility index (Phi) is 4.72. The van der Waals surface area contributed by atoms with E-state index < -0.39 is 6.10 Å². The minimum absolute atomic E-state index is 0.311. The molecular weight excluding hydrogens is 318 g/mol. The molecule has 0 aliphatic rings. The number of amides is 1. The first-order chi connectivity index (χ1) is 12.0. The molecule has 1 N–H and O–H groups in total. The number of methoxy groups -OCH3 is 1. The summed E-state index contributed by atoms with van der Waals surface area (Å²) in [5, 5.41) is 10.4. The Morgan fingerprint density at radius 2 is 2.04 bits per heavy atom. The number of para-hydroxylation sites is 2. The van der Waals surface area contributed by atoms with Gasteiger partial charge >= 0.3 is 0 Å². The highest BCUT2D eigenvalue weighted by atomic mass is 16.5. The Labute approximate surface area is 146 Å². The number of nitrogens with zero attached hydrogens (tertiary/aromatic N) is 3. The van der Waals surface area contributed by atoms with Gasteiger partial charge in [-0.2, -0.15) is 0 Å². The van der Waals surface area contributed by atoms with E-state index in [4.69, 9.17) is 4.74 Å². The number of ether oxygens (including phenoxy) is 1. The molecule has 1 amide bonds. The molecule has 1 aromatic heterocycles. The molecule has 0 radical (unpaired) electrons. The SMILES string of the molecule is COc1cccc(C(O)C(=O)N(C)Cc2nc3ccccc3n2C)c1. The maximum Gasteiger partial charge on any atom is 0.256 e. The Balaban J connectivity index is 1.78. The fraction of sp³-hybridized carbons (Fsp3) is 0.263. The zero-order chi connectivity index (χ0) is 18.0. The van der Waals surface area contributed by atoms with E-state index in [0.29, 0.717) is 17.9 Å². The topological polar surface area (TPSA) is 67.6 Å². The fourth-order valence-corrected chi connectivity index (χ4v) is 2.79. The lowest BCUT2D eigenvalue weighted by Gasteiger charge is -2.21. The maximum absolute atomic E-state index is 12.6. The van der Waals surface area contributed by atoms with Crippen LogP contribution in [0.25, 0.3) is 11.0 Å². The molecule has 1 atom stereocenters. The predicted molar refractivity (Wildman–Crippen MR) is 95.1 cm³/mol. The molecule has 3 rings (SSSR count). The number of carbonyl (C=O) groups excluding carboxylic acids is 1. The lowest BCUT2D eigenvalue weighted by Crippen LogP contribution is -2.32. The molecule has 0 aliphatic heterocycles. The summed E-state index contributed by atoms with van der Waals surface area (Å²) in [4.78, 5) is 18.6. The van der Waals surface area contributed by atoms with Crippen LogP contribution in [0, 0.1) is 0 Å². The third-order valence-corrected chi connectivity index (χ3v) is 4.28. The summed E-state index contributed by atoms with van der Waals surface area (Å²) >= 11 is 0. The maximum atomic E-state index is 12.6. The minimum Gasteiger partial charge on any atom is -0.497 e. The first-order valence-electron chi connectivity index (χ1n) is 7.98. The molecule has 130 valence electrons. The number of hydrogen-bond acceptors (Lipinski definition) is 4. The summed E-state index contributed by atoms with van der Waals surface area (Å²) < 4.78 is 7.10. The summed E-state index contributed by atoms with van der Waals surface area (Å²) in [6.45, 7) is 0.311. The van der Waals surface area contributed by atoms with E-state index in [1.807, 2.05) is 35.9 Å². The second-order valence-corrected chi connectivity index (χ2v) is 5.95. The average Bonchev–Trinajstić information content (AvgIpc) is 2.96.